The first-order valence-electron chi connectivity index (χ1n) is 4.29. The summed E-state index contributed by atoms with van der Waals surface area (Å²) in [7, 11) is 0. The van der Waals surface area contributed by atoms with Crippen molar-refractivity contribution in [3.8, 4) is 0 Å². The van der Waals surface area contributed by atoms with Crippen LogP contribution in [0.4, 0.5) is 0 Å². The molecule has 0 atom stereocenters. The van der Waals surface area contributed by atoms with Crippen LogP contribution in [0, 0.1) is 5.92 Å². The van der Waals surface area contributed by atoms with Gasteiger partial charge in [0, 0.05) is 11.0 Å². The third kappa shape index (κ3) is 3.80. The van der Waals surface area contributed by atoms with Crippen LogP contribution in [0.2, 0.25) is 0 Å². The summed E-state index contributed by atoms with van der Waals surface area (Å²) in [6.45, 7) is 6.57. The summed E-state index contributed by atoms with van der Waals surface area (Å²) in [4.78, 5) is 0. The highest BCUT2D eigenvalue weighted by Crippen LogP contribution is 2.28. The molecule has 0 amide bonds. The quantitative estimate of drug-likeness (QED) is 0.458. The second-order valence-electron chi connectivity index (χ2n) is 4.15. The van der Waals surface area contributed by atoms with Crippen LogP contribution < -0.4 is 0 Å². The molecule has 0 unspecified atom stereocenters. The van der Waals surface area contributed by atoms with Gasteiger partial charge in [-0.15, -0.1) is 0 Å². The second kappa shape index (κ2) is 3.61. The summed E-state index contributed by atoms with van der Waals surface area (Å²) in [6.07, 6.45) is 6.23. The van der Waals surface area contributed by atoms with Crippen molar-refractivity contribution in [2.45, 2.75) is 44.8 Å². The van der Waals surface area contributed by atoms with Gasteiger partial charge in [0.05, 0.1) is 0 Å². The maximum absolute atomic E-state index is 4.36. The first-order valence-corrected chi connectivity index (χ1v) is 5.07. The number of nitrogens with zero attached hydrogens (tertiary/aromatic N) is 1. The van der Waals surface area contributed by atoms with Gasteiger partial charge < -0.3 is 0 Å². The van der Waals surface area contributed by atoms with Gasteiger partial charge >= 0.3 is 0 Å². The maximum Gasteiger partial charge on any atom is 0.0294 e. The Morgan fingerprint density at radius 1 is 1.36 bits per heavy atom. The molecule has 0 aliphatic heterocycles. The minimum absolute atomic E-state index is 0.278. The Labute approximate surface area is 73.8 Å². The lowest BCUT2D eigenvalue weighted by atomic mass is 9.87. The molecule has 1 saturated carbocycles. The molecule has 0 spiro atoms. The van der Waals surface area contributed by atoms with Crippen LogP contribution in [-0.2, 0) is 0 Å². The van der Waals surface area contributed by atoms with E-state index in [-0.39, 0.29) is 4.75 Å². The van der Waals surface area contributed by atoms with Crippen LogP contribution in [0.25, 0.3) is 0 Å². The van der Waals surface area contributed by atoms with E-state index in [9.17, 15) is 0 Å². The van der Waals surface area contributed by atoms with E-state index >= 15 is 0 Å². The van der Waals surface area contributed by atoms with Crippen molar-refractivity contribution in [2.75, 3.05) is 0 Å². The number of rotatable bonds is 2. The van der Waals surface area contributed by atoms with E-state index < -0.39 is 0 Å². The van der Waals surface area contributed by atoms with Gasteiger partial charge in [-0.05, 0) is 51.5 Å². The van der Waals surface area contributed by atoms with E-state index in [2.05, 4.69) is 31.4 Å². The molecular formula is C9H17NS. The monoisotopic (exact) mass is 171 g/mol. The molecular weight excluding hydrogens is 154 g/mol. The summed E-state index contributed by atoms with van der Waals surface area (Å²) in [5, 5.41) is 0. The average Bonchev–Trinajstić information content (AvgIpc) is 1.73. The van der Waals surface area contributed by atoms with Gasteiger partial charge in [-0.3, -0.25) is 0 Å². The Morgan fingerprint density at radius 2 is 2.00 bits per heavy atom. The molecule has 11 heavy (non-hydrogen) atoms. The maximum atomic E-state index is 4.36. The minimum atomic E-state index is 0.278. The lowest BCUT2D eigenvalue weighted by Crippen LogP contribution is -2.12. The summed E-state index contributed by atoms with van der Waals surface area (Å²) >= 11 is 1.68. The molecule has 0 aromatic heterocycles. The van der Waals surface area contributed by atoms with Crippen molar-refractivity contribution in [3.63, 3.8) is 0 Å². The zero-order chi connectivity index (χ0) is 8.32. The molecule has 0 heterocycles. The topological polar surface area (TPSA) is 12.4 Å². The predicted molar refractivity (Wildman–Crippen MR) is 53.2 cm³/mol. The third-order valence-corrected chi connectivity index (χ3v) is 2.52. The fourth-order valence-corrected chi connectivity index (χ4v) is 1.41. The van der Waals surface area contributed by atoms with Gasteiger partial charge in [0.15, 0.2) is 0 Å². The largest absolute Gasteiger partial charge is 0.228 e. The Balaban J connectivity index is 2.14. The molecule has 0 radical (unpaired) electrons. The molecule has 1 aliphatic carbocycles. The zero-order valence-corrected chi connectivity index (χ0v) is 8.45. The van der Waals surface area contributed by atoms with Crippen molar-refractivity contribution in [2.24, 2.45) is 10.3 Å². The molecule has 0 aromatic rings. The Morgan fingerprint density at radius 3 is 2.36 bits per heavy atom. The van der Waals surface area contributed by atoms with Crippen LogP contribution in [0.15, 0.2) is 4.40 Å². The molecule has 0 aromatic carbocycles. The molecule has 0 bridgehead atoms. The fraction of sp³-hybridized carbons (Fsp3) is 0.889. The highest BCUT2D eigenvalue weighted by atomic mass is 32.2. The van der Waals surface area contributed by atoms with Crippen molar-refractivity contribution in [3.05, 3.63) is 0 Å². The van der Waals surface area contributed by atoms with Crippen molar-refractivity contribution < 1.29 is 0 Å². The molecule has 1 nitrogen and oxygen atoms in total. The van der Waals surface area contributed by atoms with Crippen LogP contribution >= 0.6 is 11.9 Å². The number of hydrogen-bond donors (Lipinski definition) is 0. The van der Waals surface area contributed by atoms with Gasteiger partial charge in [-0.2, -0.15) is 0 Å². The van der Waals surface area contributed by atoms with Crippen molar-refractivity contribution in [1.29, 1.82) is 0 Å². The molecule has 1 aliphatic rings. The molecule has 0 saturated heterocycles. The normalized spacial score (nSPS) is 20.6. The molecule has 0 N–H and O–H groups in total. The van der Waals surface area contributed by atoms with E-state index in [0.717, 1.165) is 5.92 Å². The summed E-state index contributed by atoms with van der Waals surface area (Å²) in [5.41, 5.74) is 0. The molecule has 1 rings (SSSR count). The highest BCUT2D eigenvalue weighted by molar-refractivity contribution is 7.99. The Bertz CT molecular complexity index is 142. The minimum Gasteiger partial charge on any atom is -0.228 e. The lowest BCUT2D eigenvalue weighted by molar-refractivity contribution is 0.421. The van der Waals surface area contributed by atoms with E-state index in [1.807, 2.05) is 0 Å². The average molecular weight is 171 g/mol. The van der Waals surface area contributed by atoms with Gasteiger partial charge in [-0.25, -0.2) is 4.40 Å². The van der Waals surface area contributed by atoms with Crippen LogP contribution in [0.5, 0.6) is 0 Å². The number of hydrogen-bond acceptors (Lipinski definition) is 2. The van der Waals surface area contributed by atoms with Gasteiger partial charge in [0.2, 0.25) is 0 Å². The zero-order valence-electron chi connectivity index (χ0n) is 7.63. The second-order valence-corrected chi connectivity index (χ2v) is 5.77. The summed E-state index contributed by atoms with van der Waals surface area (Å²) < 4.78 is 4.63. The third-order valence-electron chi connectivity index (χ3n) is 1.75. The van der Waals surface area contributed by atoms with Crippen molar-refractivity contribution >= 4 is 18.2 Å². The summed E-state index contributed by atoms with van der Waals surface area (Å²) in [6, 6.07) is 0. The van der Waals surface area contributed by atoms with Crippen LogP contribution in [0.1, 0.15) is 40.0 Å². The Kier molecular flexibility index (Phi) is 2.99. The van der Waals surface area contributed by atoms with Gasteiger partial charge in [-0.1, -0.05) is 6.42 Å². The standard InChI is InChI=1S/C9H17NS/c1-9(2,3)11-10-7-8-5-4-6-8/h7-8H,4-6H2,1-3H3/b10-7+. The molecule has 64 valence electrons. The van der Waals surface area contributed by atoms with E-state index in [0.29, 0.717) is 0 Å². The smallest absolute Gasteiger partial charge is 0.0294 e. The van der Waals surface area contributed by atoms with Gasteiger partial charge in [0.25, 0.3) is 0 Å². The van der Waals surface area contributed by atoms with Crippen LogP contribution in [-0.4, -0.2) is 11.0 Å². The van der Waals surface area contributed by atoms with E-state index in [4.69, 9.17) is 0 Å². The Hall–Kier alpha value is 0.0200. The SMILES string of the molecule is CC(C)(C)S/N=C/C1CCC1. The lowest BCUT2D eigenvalue weighted by Gasteiger charge is -2.21. The summed E-state index contributed by atoms with van der Waals surface area (Å²) in [5.74, 6) is 0.796. The first-order chi connectivity index (χ1) is 5.08. The predicted octanol–water partition coefficient (Wildman–Crippen LogP) is 3.30. The van der Waals surface area contributed by atoms with E-state index in [1.54, 1.807) is 11.9 Å². The van der Waals surface area contributed by atoms with Crippen LogP contribution in [0.3, 0.4) is 0 Å². The van der Waals surface area contributed by atoms with Gasteiger partial charge in [0.1, 0.15) is 0 Å². The molecule has 1 fully saturated rings. The van der Waals surface area contributed by atoms with Crippen molar-refractivity contribution in [1.82, 2.24) is 0 Å². The molecule has 2 heteroatoms. The first kappa shape index (κ1) is 9.11. The van der Waals surface area contributed by atoms with E-state index in [1.165, 1.54) is 19.3 Å². The highest BCUT2D eigenvalue weighted by Gasteiger charge is 2.15. The fourth-order valence-electron chi connectivity index (χ4n) is 0.864.